The van der Waals surface area contributed by atoms with Crippen molar-refractivity contribution in [2.45, 2.75) is 37.1 Å². The molecule has 0 bridgehead atoms. The third-order valence-corrected chi connectivity index (χ3v) is 5.26. The van der Waals surface area contributed by atoms with Crippen LogP contribution in [-0.2, 0) is 15.1 Å². The Labute approximate surface area is 182 Å². The average Bonchev–Trinajstić information content (AvgIpc) is 2.78. The molecule has 0 aliphatic carbocycles. The minimum absolute atomic E-state index is 0.00926. The first-order chi connectivity index (χ1) is 15.0. The molecule has 162 valence electrons. The lowest BCUT2D eigenvalue weighted by Crippen LogP contribution is -2.34. The Morgan fingerprint density at radius 3 is 1.55 bits per heavy atom. The van der Waals surface area contributed by atoms with Gasteiger partial charge in [-0.05, 0) is 29.5 Å². The predicted octanol–water partition coefficient (Wildman–Crippen LogP) is 3.97. The van der Waals surface area contributed by atoms with E-state index in [0.29, 0.717) is 0 Å². The molecule has 0 amide bonds. The summed E-state index contributed by atoms with van der Waals surface area (Å²) in [6, 6.07) is 29.8. The highest BCUT2D eigenvalue weighted by atomic mass is 16.5. The van der Waals surface area contributed by atoms with Gasteiger partial charge in [-0.25, -0.2) is 0 Å². The smallest absolute Gasteiger partial charge is 0.305 e. The lowest BCUT2D eigenvalue weighted by atomic mass is 9.80. The number of carboxylic acid groups (broad SMARTS) is 1. The number of benzene rings is 3. The Hall–Kier alpha value is -2.99. The summed E-state index contributed by atoms with van der Waals surface area (Å²) in [5.74, 6) is -1.09. The third-order valence-electron chi connectivity index (χ3n) is 5.26. The fraction of sp³-hybridized carbons (Fsp3) is 0.269. The van der Waals surface area contributed by atoms with Crippen molar-refractivity contribution >= 4 is 5.97 Å². The van der Waals surface area contributed by atoms with E-state index in [1.54, 1.807) is 0 Å². The maximum Gasteiger partial charge on any atom is 0.305 e. The fourth-order valence-electron chi connectivity index (χ4n) is 3.83. The van der Waals surface area contributed by atoms with Gasteiger partial charge >= 0.3 is 5.97 Å². The maximum atomic E-state index is 10.7. The summed E-state index contributed by atoms with van der Waals surface area (Å²) >= 11 is 0. The standard InChI is InChI=1S/C26H28O5/c27-23(18-24(28)19-25(29)30)16-17-31-26(20-10-4-1-5-11-20,21-12-6-2-7-13-21)22-14-8-3-9-15-22/h1-15,23-24,27-28H,16-19H2,(H,29,30)/t23-,24-/m1/s1. The van der Waals surface area contributed by atoms with E-state index in [1.807, 2.05) is 91.0 Å². The average molecular weight is 421 g/mol. The van der Waals surface area contributed by atoms with Crippen molar-refractivity contribution in [1.82, 2.24) is 0 Å². The van der Waals surface area contributed by atoms with Crippen LogP contribution in [0.1, 0.15) is 36.0 Å². The van der Waals surface area contributed by atoms with E-state index in [-0.39, 0.29) is 25.9 Å². The number of hydrogen-bond donors (Lipinski definition) is 3. The van der Waals surface area contributed by atoms with E-state index in [1.165, 1.54) is 0 Å². The molecule has 0 aliphatic heterocycles. The number of aliphatic hydroxyl groups is 2. The van der Waals surface area contributed by atoms with E-state index in [9.17, 15) is 15.0 Å². The molecule has 0 aliphatic rings. The lowest BCUT2D eigenvalue weighted by Gasteiger charge is -2.36. The maximum absolute atomic E-state index is 10.7. The fourth-order valence-corrected chi connectivity index (χ4v) is 3.83. The summed E-state index contributed by atoms with van der Waals surface area (Å²) in [5, 5.41) is 28.9. The molecule has 31 heavy (non-hydrogen) atoms. The summed E-state index contributed by atoms with van der Waals surface area (Å²) < 4.78 is 6.56. The van der Waals surface area contributed by atoms with Crippen LogP contribution in [0.5, 0.6) is 0 Å². The van der Waals surface area contributed by atoms with Gasteiger partial charge in [0.05, 0.1) is 25.2 Å². The molecule has 0 unspecified atom stereocenters. The normalized spacial score (nSPS) is 13.5. The third kappa shape index (κ3) is 5.79. The molecule has 2 atom stereocenters. The van der Waals surface area contributed by atoms with Gasteiger partial charge in [0.1, 0.15) is 5.60 Å². The minimum atomic E-state index is -1.09. The van der Waals surface area contributed by atoms with Crippen LogP contribution >= 0.6 is 0 Å². The van der Waals surface area contributed by atoms with Crippen molar-refractivity contribution in [3.05, 3.63) is 108 Å². The topological polar surface area (TPSA) is 87.0 Å². The molecule has 0 fully saturated rings. The molecule has 5 heteroatoms. The summed E-state index contributed by atoms with van der Waals surface area (Å²) in [4.78, 5) is 10.7. The molecule has 0 spiro atoms. The van der Waals surface area contributed by atoms with Crippen molar-refractivity contribution in [2.24, 2.45) is 0 Å². The number of aliphatic carboxylic acids is 1. The summed E-state index contributed by atoms with van der Waals surface area (Å²) in [7, 11) is 0. The van der Waals surface area contributed by atoms with Gasteiger partial charge in [0.25, 0.3) is 0 Å². The molecule has 0 saturated carbocycles. The Morgan fingerprint density at radius 2 is 1.16 bits per heavy atom. The number of carboxylic acids is 1. The second-order valence-corrected chi connectivity index (χ2v) is 7.56. The number of carbonyl (C=O) groups is 1. The van der Waals surface area contributed by atoms with Crippen LogP contribution in [0.25, 0.3) is 0 Å². The van der Waals surface area contributed by atoms with E-state index in [4.69, 9.17) is 9.84 Å². The van der Waals surface area contributed by atoms with Crippen molar-refractivity contribution < 1.29 is 24.9 Å². The second-order valence-electron chi connectivity index (χ2n) is 7.56. The monoisotopic (exact) mass is 420 g/mol. The first-order valence-electron chi connectivity index (χ1n) is 10.4. The van der Waals surface area contributed by atoms with Crippen molar-refractivity contribution in [3.8, 4) is 0 Å². The molecular weight excluding hydrogens is 392 g/mol. The second kappa shape index (κ2) is 10.9. The van der Waals surface area contributed by atoms with Crippen molar-refractivity contribution in [3.63, 3.8) is 0 Å². The summed E-state index contributed by atoms with van der Waals surface area (Å²) in [6.45, 7) is 0.222. The number of rotatable bonds is 11. The van der Waals surface area contributed by atoms with Gasteiger partial charge in [0, 0.05) is 0 Å². The Balaban J connectivity index is 1.89. The SMILES string of the molecule is O=C(O)C[C@H](O)C[C@H](O)CCOC(c1ccccc1)(c1ccccc1)c1ccccc1. The molecule has 3 rings (SSSR count). The number of ether oxygens (including phenoxy) is 1. The van der Waals surface area contributed by atoms with Gasteiger partial charge in [0.2, 0.25) is 0 Å². The quantitative estimate of drug-likeness (QED) is 0.409. The van der Waals surface area contributed by atoms with Gasteiger partial charge in [-0.1, -0.05) is 91.0 Å². The highest BCUT2D eigenvalue weighted by Gasteiger charge is 2.37. The lowest BCUT2D eigenvalue weighted by molar-refractivity contribution is -0.139. The van der Waals surface area contributed by atoms with Crippen LogP contribution in [0.2, 0.25) is 0 Å². The zero-order valence-electron chi connectivity index (χ0n) is 17.3. The molecule has 0 heterocycles. The van der Waals surface area contributed by atoms with Crippen LogP contribution in [0.4, 0.5) is 0 Å². The molecule has 0 aromatic heterocycles. The molecule has 0 saturated heterocycles. The van der Waals surface area contributed by atoms with Gasteiger partial charge in [-0.3, -0.25) is 4.79 Å². The van der Waals surface area contributed by atoms with Crippen LogP contribution in [0.15, 0.2) is 91.0 Å². The van der Waals surface area contributed by atoms with Gasteiger partial charge < -0.3 is 20.1 Å². The van der Waals surface area contributed by atoms with Gasteiger partial charge in [0.15, 0.2) is 0 Å². The first-order valence-corrected chi connectivity index (χ1v) is 10.4. The van der Waals surface area contributed by atoms with Gasteiger partial charge in [-0.15, -0.1) is 0 Å². The number of hydrogen-bond acceptors (Lipinski definition) is 4. The molecule has 5 nitrogen and oxygen atoms in total. The first kappa shape index (κ1) is 22.7. The number of aliphatic hydroxyl groups excluding tert-OH is 2. The zero-order chi connectivity index (χ0) is 22.1. The summed E-state index contributed by atoms with van der Waals surface area (Å²) in [5.41, 5.74) is 2.02. The molecule has 3 aromatic rings. The zero-order valence-corrected chi connectivity index (χ0v) is 17.3. The Bertz CT molecular complexity index is 831. The minimum Gasteiger partial charge on any atom is -0.481 e. The van der Waals surface area contributed by atoms with Crippen LogP contribution < -0.4 is 0 Å². The van der Waals surface area contributed by atoms with E-state index < -0.39 is 23.8 Å². The highest BCUT2D eigenvalue weighted by molar-refractivity contribution is 5.67. The van der Waals surface area contributed by atoms with Crippen molar-refractivity contribution in [1.29, 1.82) is 0 Å². The van der Waals surface area contributed by atoms with Crippen LogP contribution in [0.3, 0.4) is 0 Å². The largest absolute Gasteiger partial charge is 0.481 e. The molecule has 3 N–H and O–H groups in total. The van der Waals surface area contributed by atoms with Crippen LogP contribution in [-0.4, -0.2) is 40.1 Å². The Morgan fingerprint density at radius 1 is 0.742 bits per heavy atom. The molecule has 3 aromatic carbocycles. The van der Waals surface area contributed by atoms with Crippen molar-refractivity contribution in [2.75, 3.05) is 6.61 Å². The van der Waals surface area contributed by atoms with Gasteiger partial charge in [-0.2, -0.15) is 0 Å². The predicted molar refractivity (Wildman–Crippen MR) is 119 cm³/mol. The van der Waals surface area contributed by atoms with E-state index in [2.05, 4.69) is 0 Å². The van der Waals surface area contributed by atoms with E-state index in [0.717, 1.165) is 16.7 Å². The van der Waals surface area contributed by atoms with Crippen LogP contribution in [0, 0.1) is 0 Å². The van der Waals surface area contributed by atoms with E-state index >= 15 is 0 Å². The molecule has 0 radical (unpaired) electrons. The highest BCUT2D eigenvalue weighted by Crippen LogP contribution is 2.40. The molecular formula is C26H28O5. The summed E-state index contributed by atoms with van der Waals surface area (Å²) in [6.07, 6.45) is -2.08. The Kier molecular flexibility index (Phi) is 7.95.